The van der Waals surface area contributed by atoms with Crippen LogP contribution in [0.3, 0.4) is 0 Å². The van der Waals surface area contributed by atoms with E-state index in [9.17, 15) is 18.8 Å². The van der Waals surface area contributed by atoms with Crippen molar-refractivity contribution in [3.05, 3.63) is 65.8 Å². The van der Waals surface area contributed by atoms with Crippen LogP contribution in [0, 0.1) is 5.82 Å². The summed E-state index contributed by atoms with van der Waals surface area (Å²) in [5.41, 5.74) is 1.25. The first-order valence-corrected chi connectivity index (χ1v) is 12.7. The van der Waals surface area contributed by atoms with Gasteiger partial charge in [0, 0.05) is 44.5 Å². The summed E-state index contributed by atoms with van der Waals surface area (Å²) in [5.74, 6) is -1.59. The van der Waals surface area contributed by atoms with Gasteiger partial charge < -0.3 is 19.5 Å². The van der Waals surface area contributed by atoms with Crippen LogP contribution in [0.5, 0.6) is 0 Å². The standard InChI is InChI=1S/C27H29FN6O4/c1-18(35)33-13-15-34(16-14-33)22-9-7-21(8-10-22)29-23(36)24-31-32-26(38-24)30-25(37)27(11-2-3-12-27)19-5-4-6-20(28)17-19/h4-10,17H,2-3,11-16H2,1H3,(H,29,36)(H,30,32,37). The maximum atomic E-state index is 13.9. The lowest BCUT2D eigenvalue weighted by atomic mass is 9.78. The molecule has 3 aromatic rings. The van der Waals surface area contributed by atoms with Crippen LogP contribution in [-0.4, -0.2) is 59.0 Å². The summed E-state index contributed by atoms with van der Waals surface area (Å²) in [4.78, 5) is 41.4. The Morgan fingerprint density at radius 3 is 2.32 bits per heavy atom. The SMILES string of the molecule is CC(=O)N1CCN(c2ccc(NC(=O)c3nnc(NC(=O)C4(c5cccc(F)c5)CCCC4)o3)cc2)CC1. The van der Waals surface area contributed by atoms with Gasteiger partial charge in [-0.15, -0.1) is 5.10 Å². The molecule has 0 radical (unpaired) electrons. The van der Waals surface area contributed by atoms with Gasteiger partial charge in [-0.25, -0.2) is 4.39 Å². The second-order valence-electron chi connectivity index (χ2n) is 9.66. The summed E-state index contributed by atoms with van der Waals surface area (Å²) < 4.78 is 19.3. The summed E-state index contributed by atoms with van der Waals surface area (Å²) in [7, 11) is 0. The van der Waals surface area contributed by atoms with E-state index in [4.69, 9.17) is 4.42 Å². The number of hydrogen-bond donors (Lipinski definition) is 2. The third-order valence-corrected chi connectivity index (χ3v) is 7.32. The fourth-order valence-corrected chi connectivity index (χ4v) is 5.21. The Bertz CT molecular complexity index is 1330. The minimum atomic E-state index is -0.889. The Morgan fingerprint density at radius 1 is 0.947 bits per heavy atom. The number of nitrogens with zero attached hydrogens (tertiary/aromatic N) is 4. The summed E-state index contributed by atoms with van der Waals surface area (Å²) in [5, 5.41) is 12.9. The molecule has 2 aromatic carbocycles. The highest BCUT2D eigenvalue weighted by Crippen LogP contribution is 2.42. The minimum Gasteiger partial charge on any atom is -0.399 e. The van der Waals surface area contributed by atoms with E-state index in [1.54, 1.807) is 31.2 Å². The van der Waals surface area contributed by atoms with Crippen LogP contribution in [0.15, 0.2) is 52.9 Å². The van der Waals surface area contributed by atoms with E-state index in [1.807, 2.05) is 17.0 Å². The first kappa shape index (κ1) is 25.4. The monoisotopic (exact) mass is 520 g/mol. The molecule has 0 unspecified atom stereocenters. The number of hydrogen-bond acceptors (Lipinski definition) is 7. The number of nitrogens with one attached hydrogen (secondary N) is 2. The number of halogens is 1. The van der Waals surface area contributed by atoms with Gasteiger partial charge in [0.1, 0.15) is 5.82 Å². The topological polar surface area (TPSA) is 121 Å². The molecule has 2 heterocycles. The summed E-state index contributed by atoms with van der Waals surface area (Å²) in [6.45, 7) is 4.40. The molecule has 1 aliphatic carbocycles. The van der Waals surface area contributed by atoms with Crippen molar-refractivity contribution in [2.24, 2.45) is 0 Å². The normalized spacial score (nSPS) is 16.8. The van der Waals surface area contributed by atoms with E-state index in [2.05, 4.69) is 25.7 Å². The van der Waals surface area contributed by atoms with Crippen molar-refractivity contribution in [3.63, 3.8) is 0 Å². The van der Waals surface area contributed by atoms with Crippen molar-refractivity contribution in [2.45, 2.75) is 38.0 Å². The van der Waals surface area contributed by atoms with Crippen molar-refractivity contribution in [1.82, 2.24) is 15.1 Å². The van der Waals surface area contributed by atoms with Crippen LogP contribution in [-0.2, 0) is 15.0 Å². The van der Waals surface area contributed by atoms with E-state index in [0.29, 0.717) is 37.2 Å². The molecule has 10 nitrogen and oxygen atoms in total. The smallest absolute Gasteiger partial charge is 0.322 e. The van der Waals surface area contributed by atoms with Crippen LogP contribution in [0.1, 0.15) is 48.9 Å². The van der Waals surface area contributed by atoms with Gasteiger partial charge in [-0.3, -0.25) is 19.7 Å². The van der Waals surface area contributed by atoms with E-state index < -0.39 is 17.1 Å². The minimum absolute atomic E-state index is 0.0797. The second kappa shape index (κ2) is 10.6. The molecule has 2 N–H and O–H groups in total. The number of piperazine rings is 1. The summed E-state index contributed by atoms with van der Waals surface area (Å²) >= 11 is 0. The molecule has 198 valence electrons. The molecule has 0 bridgehead atoms. The van der Waals surface area contributed by atoms with Crippen LogP contribution < -0.4 is 15.5 Å². The molecule has 1 saturated heterocycles. The fraction of sp³-hybridized carbons (Fsp3) is 0.370. The van der Waals surface area contributed by atoms with Crippen molar-refractivity contribution in [2.75, 3.05) is 41.7 Å². The van der Waals surface area contributed by atoms with Gasteiger partial charge in [-0.2, -0.15) is 0 Å². The zero-order valence-electron chi connectivity index (χ0n) is 21.1. The molecule has 11 heteroatoms. The molecule has 2 aliphatic rings. The number of amides is 3. The van der Waals surface area contributed by atoms with Crippen molar-refractivity contribution >= 4 is 35.1 Å². The van der Waals surface area contributed by atoms with Gasteiger partial charge in [0.2, 0.25) is 11.8 Å². The van der Waals surface area contributed by atoms with Crippen LogP contribution in [0.4, 0.5) is 21.8 Å². The third-order valence-electron chi connectivity index (χ3n) is 7.32. The quantitative estimate of drug-likeness (QED) is 0.510. The maximum Gasteiger partial charge on any atom is 0.322 e. The van der Waals surface area contributed by atoms with E-state index in [0.717, 1.165) is 31.6 Å². The van der Waals surface area contributed by atoms with E-state index >= 15 is 0 Å². The van der Waals surface area contributed by atoms with Gasteiger partial charge in [-0.1, -0.05) is 30.1 Å². The number of rotatable bonds is 6. The largest absolute Gasteiger partial charge is 0.399 e. The number of carbonyl (C=O) groups is 3. The average Bonchev–Trinajstić information content (AvgIpc) is 3.60. The second-order valence-corrected chi connectivity index (χ2v) is 9.66. The fourth-order valence-electron chi connectivity index (χ4n) is 5.21. The van der Waals surface area contributed by atoms with E-state index in [-0.39, 0.29) is 23.7 Å². The first-order valence-electron chi connectivity index (χ1n) is 12.7. The Hall–Kier alpha value is -4.28. The highest BCUT2D eigenvalue weighted by molar-refractivity contribution is 6.01. The number of anilines is 3. The molecule has 0 atom stereocenters. The molecular formula is C27H29FN6O4. The molecule has 2 fully saturated rings. The lowest BCUT2D eigenvalue weighted by Crippen LogP contribution is -2.48. The van der Waals surface area contributed by atoms with Crippen molar-refractivity contribution in [3.8, 4) is 0 Å². The molecule has 0 spiro atoms. The summed E-state index contributed by atoms with van der Waals surface area (Å²) in [6.07, 6.45) is 2.84. The number of benzene rings is 2. The Morgan fingerprint density at radius 2 is 1.66 bits per heavy atom. The van der Waals surface area contributed by atoms with Gasteiger partial charge in [0.15, 0.2) is 0 Å². The Balaban J connectivity index is 1.20. The van der Waals surface area contributed by atoms with Gasteiger partial charge in [-0.05, 0) is 54.8 Å². The highest BCUT2D eigenvalue weighted by Gasteiger charge is 2.43. The molecular weight excluding hydrogens is 491 g/mol. The van der Waals surface area contributed by atoms with Crippen LogP contribution in [0.25, 0.3) is 0 Å². The van der Waals surface area contributed by atoms with E-state index in [1.165, 1.54) is 12.1 Å². The third kappa shape index (κ3) is 5.22. The molecule has 38 heavy (non-hydrogen) atoms. The predicted molar refractivity (Wildman–Crippen MR) is 138 cm³/mol. The number of aromatic nitrogens is 2. The molecule has 3 amide bonds. The van der Waals surface area contributed by atoms with Gasteiger partial charge in [0.25, 0.3) is 0 Å². The lowest BCUT2D eigenvalue weighted by molar-refractivity contribution is -0.129. The maximum absolute atomic E-state index is 13.9. The van der Waals surface area contributed by atoms with Gasteiger partial charge in [0.05, 0.1) is 5.41 Å². The Kier molecular flexibility index (Phi) is 7.08. The first-order chi connectivity index (χ1) is 18.3. The van der Waals surface area contributed by atoms with Gasteiger partial charge >= 0.3 is 17.8 Å². The predicted octanol–water partition coefficient (Wildman–Crippen LogP) is 3.58. The zero-order valence-corrected chi connectivity index (χ0v) is 21.1. The zero-order chi connectivity index (χ0) is 26.7. The molecule has 1 aliphatic heterocycles. The molecule has 1 saturated carbocycles. The van der Waals surface area contributed by atoms with Crippen molar-refractivity contribution in [1.29, 1.82) is 0 Å². The van der Waals surface area contributed by atoms with Crippen LogP contribution in [0.2, 0.25) is 0 Å². The number of carbonyl (C=O) groups excluding carboxylic acids is 3. The highest BCUT2D eigenvalue weighted by atomic mass is 19.1. The lowest BCUT2D eigenvalue weighted by Gasteiger charge is -2.35. The Labute approximate surface area is 219 Å². The van der Waals surface area contributed by atoms with Crippen molar-refractivity contribution < 1.29 is 23.2 Å². The van der Waals surface area contributed by atoms with Crippen LogP contribution >= 0.6 is 0 Å². The average molecular weight is 521 g/mol. The molecule has 5 rings (SSSR count). The molecule has 1 aromatic heterocycles. The summed E-state index contributed by atoms with van der Waals surface area (Å²) in [6, 6.07) is 13.2.